The van der Waals surface area contributed by atoms with Crippen molar-refractivity contribution < 1.29 is 4.79 Å². The molecule has 1 aromatic carbocycles. The topological polar surface area (TPSA) is 46.9 Å². The van der Waals surface area contributed by atoms with Gasteiger partial charge < -0.3 is 5.32 Å². The van der Waals surface area contributed by atoms with E-state index in [1.165, 1.54) is 6.42 Å². The third-order valence-electron chi connectivity index (χ3n) is 4.12. The maximum atomic E-state index is 12.3. The highest BCUT2D eigenvalue weighted by Gasteiger charge is 2.22. The van der Waals surface area contributed by atoms with Gasteiger partial charge in [-0.2, -0.15) is 5.10 Å². The summed E-state index contributed by atoms with van der Waals surface area (Å²) in [5, 5.41) is 7.76. The van der Waals surface area contributed by atoms with E-state index >= 15 is 0 Å². The molecular formula is C17H20ClN3O. The molecule has 5 heteroatoms. The highest BCUT2D eigenvalue weighted by molar-refractivity contribution is 6.33. The third-order valence-corrected chi connectivity index (χ3v) is 4.40. The maximum Gasteiger partial charge on any atom is 0.228 e. The molecule has 1 aromatic heterocycles. The summed E-state index contributed by atoms with van der Waals surface area (Å²) < 4.78 is 1.76. The number of halogens is 1. The van der Waals surface area contributed by atoms with Crippen LogP contribution in [0.2, 0.25) is 5.02 Å². The van der Waals surface area contributed by atoms with Crippen molar-refractivity contribution in [2.24, 2.45) is 5.92 Å². The van der Waals surface area contributed by atoms with E-state index in [2.05, 4.69) is 10.4 Å². The van der Waals surface area contributed by atoms with Crippen molar-refractivity contribution >= 4 is 23.3 Å². The van der Waals surface area contributed by atoms with E-state index in [1.54, 1.807) is 10.9 Å². The van der Waals surface area contributed by atoms with Crippen LogP contribution in [0.1, 0.15) is 37.7 Å². The summed E-state index contributed by atoms with van der Waals surface area (Å²) in [6.45, 7) is 0.639. The highest BCUT2D eigenvalue weighted by atomic mass is 35.5. The number of hydrogen-bond donors (Lipinski definition) is 1. The lowest BCUT2D eigenvalue weighted by molar-refractivity contribution is -0.120. The number of benzene rings is 1. The number of anilines is 1. The van der Waals surface area contributed by atoms with Crippen molar-refractivity contribution in [3.63, 3.8) is 0 Å². The molecule has 1 N–H and O–H groups in total. The Morgan fingerprint density at radius 1 is 1.23 bits per heavy atom. The summed E-state index contributed by atoms with van der Waals surface area (Å²) in [5.41, 5.74) is 1.15. The Morgan fingerprint density at radius 2 is 1.95 bits per heavy atom. The molecule has 1 aliphatic carbocycles. The molecule has 0 spiro atoms. The molecule has 0 bridgehead atoms. The molecule has 1 amide bonds. The molecule has 0 saturated heterocycles. The van der Waals surface area contributed by atoms with E-state index in [1.807, 2.05) is 30.3 Å². The lowest BCUT2D eigenvalue weighted by Crippen LogP contribution is -2.25. The zero-order chi connectivity index (χ0) is 15.4. The normalized spacial score (nSPS) is 15.7. The van der Waals surface area contributed by atoms with Gasteiger partial charge in [0.25, 0.3) is 0 Å². The van der Waals surface area contributed by atoms with Crippen LogP contribution < -0.4 is 5.32 Å². The van der Waals surface area contributed by atoms with Crippen molar-refractivity contribution in [1.29, 1.82) is 0 Å². The Bertz CT molecular complexity index is 633. The standard InChI is InChI=1S/C17H20ClN3O/c18-15-12-21(11-13-7-3-1-4-8-13)20-16(15)19-17(22)14-9-5-2-6-10-14/h1,3-4,7-8,12,14H,2,5-6,9-11H2,(H,19,20,22). The second-order valence-electron chi connectivity index (χ2n) is 5.83. The molecule has 4 nitrogen and oxygen atoms in total. The smallest absolute Gasteiger partial charge is 0.228 e. The van der Waals surface area contributed by atoms with Crippen LogP contribution in [0, 0.1) is 5.92 Å². The Kier molecular flexibility index (Phi) is 4.78. The summed E-state index contributed by atoms with van der Waals surface area (Å²) >= 11 is 6.20. The van der Waals surface area contributed by atoms with E-state index in [4.69, 9.17) is 11.6 Å². The average molecular weight is 318 g/mol. The summed E-state index contributed by atoms with van der Waals surface area (Å²) in [7, 11) is 0. The van der Waals surface area contributed by atoms with Gasteiger partial charge >= 0.3 is 0 Å². The minimum absolute atomic E-state index is 0.0477. The number of hydrogen-bond acceptors (Lipinski definition) is 2. The number of carbonyl (C=O) groups excluding carboxylic acids is 1. The SMILES string of the molecule is O=C(Nc1nn(Cc2ccccc2)cc1Cl)C1CCCCC1. The molecule has 0 unspecified atom stereocenters. The third kappa shape index (κ3) is 3.69. The van der Waals surface area contributed by atoms with E-state index in [0.29, 0.717) is 17.4 Å². The quantitative estimate of drug-likeness (QED) is 0.922. The van der Waals surface area contributed by atoms with Gasteiger partial charge in [0.05, 0.1) is 6.54 Å². The number of nitrogens with zero attached hydrogens (tertiary/aromatic N) is 2. The summed E-state index contributed by atoms with van der Waals surface area (Å²) in [4.78, 5) is 12.3. The largest absolute Gasteiger partial charge is 0.308 e. The summed E-state index contributed by atoms with van der Waals surface area (Å²) in [6.07, 6.45) is 7.19. The molecule has 1 heterocycles. The van der Waals surface area contributed by atoms with Crippen molar-refractivity contribution in [2.75, 3.05) is 5.32 Å². The van der Waals surface area contributed by atoms with Crippen LogP contribution in [0.3, 0.4) is 0 Å². The van der Waals surface area contributed by atoms with Gasteiger partial charge in [0.1, 0.15) is 5.02 Å². The van der Waals surface area contributed by atoms with E-state index in [9.17, 15) is 4.79 Å². The summed E-state index contributed by atoms with van der Waals surface area (Å²) in [6, 6.07) is 10.0. The molecule has 1 fully saturated rings. The van der Waals surface area contributed by atoms with Crippen molar-refractivity contribution in [3.05, 3.63) is 47.1 Å². The van der Waals surface area contributed by atoms with Crippen molar-refractivity contribution in [1.82, 2.24) is 9.78 Å². The monoisotopic (exact) mass is 317 g/mol. The first-order valence-electron chi connectivity index (χ1n) is 7.80. The van der Waals surface area contributed by atoms with Gasteiger partial charge in [-0.3, -0.25) is 9.48 Å². The van der Waals surface area contributed by atoms with E-state index < -0.39 is 0 Å². The average Bonchev–Trinajstić information content (AvgIpc) is 2.88. The van der Waals surface area contributed by atoms with Crippen molar-refractivity contribution in [2.45, 2.75) is 38.6 Å². The molecule has 0 atom stereocenters. The molecule has 1 aliphatic rings. The molecule has 0 radical (unpaired) electrons. The lowest BCUT2D eigenvalue weighted by atomic mass is 9.89. The zero-order valence-corrected chi connectivity index (χ0v) is 13.2. The first kappa shape index (κ1) is 15.1. The second kappa shape index (κ2) is 6.97. The van der Waals surface area contributed by atoms with Gasteiger partial charge in [-0.1, -0.05) is 61.2 Å². The second-order valence-corrected chi connectivity index (χ2v) is 6.24. The molecule has 116 valence electrons. The van der Waals surface area contributed by atoms with E-state index in [-0.39, 0.29) is 11.8 Å². The lowest BCUT2D eigenvalue weighted by Gasteiger charge is -2.20. The van der Waals surface area contributed by atoms with E-state index in [0.717, 1.165) is 31.2 Å². The number of nitrogens with one attached hydrogen (secondary N) is 1. The molecule has 0 aliphatic heterocycles. The van der Waals surface area contributed by atoms with Crippen LogP contribution in [0.4, 0.5) is 5.82 Å². The molecule has 1 saturated carbocycles. The van der Waals surface area contributed by atoms with Gasteiger partial charge in [0.2, 0.25) is 5.91 Å². The number of aromatic nitrogens is 2. The zero-order valence-electron chi connectivity index (χ0n) is 12.5. The fraction of sp³-hybridized carbons (Fsp3) is 0.412. The Labute approximate surface area is 135 Å². The number of amides is 1. The van der Waals surface area contributed by atoms with Crippen LogP contribution in [0.25, 0.3) is 0 Å². The van der Waals surface area contributed by atoms with Gasteiger partial charge in [-0.25, -0.2) is 0 Å². The maximum absolute atomic E-state index is 12.3. The minimum Gasteiger partial charge on any atom is -0.308 e. The van der Waals surface area contributed by atoms with Crippen LogP contribution in [0.15, 0.2) is 36.5 Å². The highest BCUT2D eigenvalue weighted by Crippen LogP contribution is 2.26. The van der Waals surface area contributed by atoms with Crippen molar-refractivity contribution in [3.8, 4) is 0 Å². The van der Waals surface area contributed by atoms with Crippen LogP contribution >= 0.6 is 11.6 Å². The van der Waals surface area contributed by atoms with Crippen LogP contribution in [-0.4, -0.2) is 15.7 Å². The molecule has 3 rings (SSSR count). The van der Waals surface area contributed by atoms with Crippen LogP contribution in [-0.2, 0) is 11.3 Å². The predicted molar refractivity (Wildman–Crippen MR) is 88.0 cm³/mol. The van der Waals surface area contributed by atoms with Crippen LogP contribution in [0.5, 0.6) is 0 Å². The Hall–Kier alpha value is -1.81. The van der Waals surface area contributed by atoms with Gasteiger partial charge in [-0.05, 0) is 18.4 Å². The predicted octanol–water partition coefficient (Wildman–Crippen LogP) is 4.10. The number of carbonyl (C=O) groups is 1. The van der Waals surface area contributed by atoms with Gasteiger partial charge in [0, 0.05) is 12.1 Å². The Morgan fingerprint density at radius 3 is 2.68 bits per heavy atom. The fourth-order valence-electron chi connectivity index (χ4n) is 2.92. The first-order chi connectivity index (χ1) is 10.7. The summed E-state index contributed by atoms with van der Waals surface area (Å²) in [5.74, 6) is 0.615. The number of rotatable bonds is 4. The molecule has 2 aromatic rings. The Balaban J connectivity index is 1.65. The first-order valence-corrected chi connectivity index (χ1v) is 8.18. The van der Waals surface area contributed by atoms with Gasteiger partial charge in [0.15, 0.2) is 5.82 Å². The van der Waals surface area contributed by atoms with Gasteiger partial charge in [-0.15, -0.1) is 0 Å². The molecule has 22 heavy (non-hydrogen) atoms. The molecular weight excluding hydrogens is 298 g/mol. The minimum atomic E-state index is 0.0477. The fourth-order valence-corrected chi connectivity index (χ4v) is 3.11.